The van der Waals surface area contributed by atoms with Crippen molar-refractivity contribution in [1.82, 2.24) is 9.62 Å². The van der Waals surface area contributed by atoms with Crippen LogP contribution in [0.15, 0.2) is 46.7 Å². The molecule has 0 atom stereocenters. The lowest BCUT2D eigenvalue weighted by Gasteiger charge is -2.11. The van der Waals surface area contributed by atoms with Crippen molar-refractivity contribution in [2.24, 2.45) is 0 Å². The lowest BCUT2D eigenvalue weighted by molar-refractivity contribution is 0.0501. The lowest BCUT2D eigenvalue weighted by Crippen LogP contribution is -2.24. The van der Waals surface area contributed by atoms with E-state index >= 15 is 0 Å². The van der Waals surface area contributed by atoms with Crippen molar-refractivity contribution in [3.05, 3.63) is 52.2 Å². The quantitative estimate of drug-likeness (QED) is 0.544. The van der Waals surface area contributed by atoms with Crippen molar-refractivity contribution in [3.63, 3.8) is 0 Å². The molecule has 26 heavy (non-hydrogen) atoms. The highest BCUT2D eigenvalue weighted by molar-refractivity contribution is 7.89. The van der Waals surface area contributed by atoms with Gasteiger partial charge in [-0.15, -0.1) is 11.3 Å². The number of carbonyl (C=O) groups excluding carboxylic acids is 2. The van der Waals surface area contributed by atoms with Crippen LogP contribution in [0.2, 0.25) is 0 Å². The van der Waals surface area contributed by atoms with E-state index in [9.17, 15) is 18.0 Å². The first kappa shape index (κ1) is 20.1. The van der Waals surface area contributed by atoms with Crippen LogP contribution in [-0.4, -0.2) is 51.8 Å². The summed E-state index contributed by atoms with van der Waals surface area (Å²) in [5.41, 5.74) is 0.269. The molecule has 1 aromatic heterocycles. The van der Waals surface area contributed by atoms with Crippen molar-refractivity contribution < 1.29 is 22.7 Å². The molecule has 0 saturated heterocycles. The zero-order valence-corrected chi connectivity index (χ0v) is 16.1. The Kier molecular flexibility index (Phi) is 6.90. The fourth-order valence-electron chi connectivity index (χ4n) is 1.99. The maximum Gasteiger partial charge on any atom is 0.338 e. The Morgan fingerprint density at radius 2 is 1.85 bits per heavy atom. The van der Waals surface area contributed by atoms with E-state index < -0.39 is 16.0 Å². The second-order valence-corrected chi connectivity index (χ2v) is 8.63. The smallest absolute Gasteiger partial charge is 0.338 e. The number of benzene rings is 1. The Bertz CT molecular complexity index is 844. The van der Waals surface area contributed by atoms with Crippen molar-refractivity contribution in [3.8, 4) is 0 Å². The summed E-state index contributed by atoms with van der Waals surface area (Å²) >= 11 is 1.36. The summed E-state index contributed by atoms with van der Waals surface area (Å²) in [7, 11) is -0.650. The van der Waals surface area contributed by atoms with E-state index in [1.807, 2.05) is 5.38 Å². The summed E-state index contributed by atoms with van der Waals surface area (Å²) in [6, 6.07) is 9.10. The standard InChI is InChI=1S/C17H20N2O5S2/c1-19(2)26(22,23)14-8-6-13(7-9-14)17(21)24-11-4-10-18-16(20)15-5-3-12-25-15/h3,5-9,12H,4,10-11H2,1-2H3,(H,18,20). The number of rotatable bonds is 8. The first-order valence-electron chi connectivity index (χ1n) is 7.84. The Hall–Kier alpha value is -2.23. The van der Waals surface area contributed by atoms with Crippen molar-refractivity contribution in [1.29, 1.82) is 0 Å². The summed E-state index contributed by atoms with van der Waals surface area (Å²) in [4.78, 5) is 24.4. The molecule has 1 aromatic carbocycles. The van der Waals surface area contributed by atoms with Gasteiger partial charge in [0.25, 0.3) is 5.91 Å². The highest BCUT2D eigenvalue weighted by Gasteiger charge is 2.17. The Labute approximate surface area is 156 Å². The molecule has 1 N–H and O–H groups in total. The van der Waals surface area contributed by atoms with Gasteiger partial charge < -0.3 is 10.1 Å². The molecule has 140 valence electrons. The molecule has 0 aliphatic rings. The van der Waals surface area contributed by atoms with Gasteiger partial charge in [-0.1, -0.05) is 6.07 Å². The first-order chi connectivity index (χ1) is 12.3. The van der Waals surface area contributed by atoms with Crippen molar-refractivity contribution in [2.75, 3.05) is 27.2 Å². The number of amides is 1. The molecule has 2 rings (SSSR count). The molecular weight excluding hydrogens is 376 g/mol. The van der Waals surface area contributed by atoms with Crippen LogP contribution < -0.4 is 5.32 Å². The minimum atomic E-state index is -3.53. The van der Waals surface area contributed by atoms with Crippen LogP contribution in [0.1, 0.15) is 26.5 Å². The van der Waals surface area contributed by atoms with Gasteiger partial charge in [0.05, 0.1) is 21.9 Å². The number of ether oxygens (including phenoxy) is 1. The highest BCUT2D eigenvalue weighted by Crippen LogP contribution is 2.14. The number of nitrogens with zero attached hydrogens (tertiary/aromatic N) is 1. The molecule has 0 saturated carbocycles. The van der Waals surface area contributed by atoms with E-state index in [1.165, 1.54) is 49.7 Å². The SMILES string of the molecule is CN(C)S(=O)(=O)c1ccc(C(=O)OCCCNC(=O)c2cccs2)cc1. The van der Waals surface area contributed by atoms with Gasteiger partial charge in [0.15, 0.2) is 0 Å². The third kappa shape index (κ3) is 5.13. The minimum Gasteiger partial charge on any atom is -0.462 e. The number of nitrogens with one attached hydrogen (secondary N) is 1. The zero-order valence-electron chi connectivity index (χ0n) is 14.5. The second kappa shape index (κ2) is 8.93. The predicted octanol–water partition coefficient (Wildman–Crippen LogP) is 1.98. The number of carbonyl (C=O) groups is 2. The summed E-state index contributed by atoms with van der Waals surface area (Å²) < 4.78 is 30.2. The van der Waals surface area contributed by atoms with Crippen molar-refractivity contribution >= 4 is 33.2 Å². The van der Waals surface area contributed by atoms with Gasteiger partial charge >= 0.3 is 5.97 Å². The lowest BCUT2D eigenvalue weighted by atomic mass is 10.2. The van der Waals surface area contributed by atoms with Crippen LogP contribution >= 0.6 is 11.3 Å². The van der Waals surface area contributed by atoms with Crippen LogP contribution in [0.25, 0.3) is 0 Å². The molecule has 0 unspecified atom stereocenters. The minimum absolute atomic E-state index is 0.107. The normalized spacial score (nSPS) is 11.3. The first-order valence-corrected chi connectivity index (χ1v) is 10.2. The number of hydrogen-bond acceptors (Lipinski definition) is 6. The molecule has 0 aliphatic heterocycles. The van der Waals surface area contributed by atoms with Gasteiger partial charge in [-0.05, 0) is 42.1 Å². The molecule has 0 bridgehead atoms. The van der Waals surface area contributed by atoms with E-state index in [2.05, 4.69) is 5.32 Å². The Balaban J connectivity index is 1.77. The maximum absolute atomic E-state index is 12.0. The van der Waals surface area contributed by atoms with E-state index in [4.69, 9.17) is 4.74 Å². The molecule has 9 heteroatoms. The van der Waals surface area contributed by atoms with Gasteiger partial charge in [0, 0.05) is 20.6 Å². The fourth-order valence-corrected chi connectivity index (χ4v) is 3.53. The fraction of sp³-hybridized carbons (Fsp3) is 0.294. The van der Waals surface area contributed by atoms with Gasteiger partial charge in [-0.3, -0.25) is 4.79 Å². The molecular formula is C17H20N2O5S2. The topological polar surface area (TPSA) is 92.8 Å². The number of esters is 1. The number of sulfonamides is 1. The van der Waals surface area contributed by atoms with E-state index in [0.717, 1.165) is 4.31 Å². The summed E-state index contributed by atoms with van der Waals surface area (Å²) in [5, 5.41) is 4.57. The summed E-state index contributed by atoms with van der Waals surface area (Å²) in [6.45, 7) is 0.547. The molecule has 2 aromatic rings. The predicted molar refractivity (Wildman–Crippen MR) is 98.9 cm³/mol. The van der Waals surface area contributed by atoms with Crippen LogP contribution in [-0.2, 0) is 14.8 Å². The van der Waals surface area contributed by atoms with Crippen LogP contribution in [0.4, 0.5) is 0 Å². The monoisotopic (exact) mass is 396 g/mol. The molecule has 1 heterocycles. The van der Waals surface area contributed by atoms with E-state index in [1.54, 1.807) is 12.1 Å². The zero-order chi connectivity index (χ0) is 19.2. The molecule has 0 radical (unpaired) electrons. The molecule has 1 amide bonds. The van der Waals surface area contributed by atoms with Gasteiger partial charge in [-0.2, -0.15) is 0 Å². The van der Waals surface area contributed by atoms with Gasteiger partial charge in [-0.25, -0.2) is 17.5 Å². The third-order valence-electron chi connectivity index (χ3n) is 3.45. The Morgan fingerprint density at radius 1 is 1.15 bits per heavy atom. The van der Waals surface area contributed by atoms with E-state index in [0.29, 0.717) is 17.8 Å². The average molecular weight is 396 g/mol. The van der Waals surface area contributed by atoms with E-state index in [-0.39, 0.29) is 23.0 Å². The molecule has 7 nitrogen and oxygen atoms in total. The van der Waals surface area contributed by atoms with Crippen molar-refractivity contribution in [2.45, 2.75) is 11.3 Å². The molecule has 0 aliphatic carbocycles. The van der Waals surface area contributed by atoms with Crippen LogP contribution in [0.5, 0.6) is 0 Å². The highest BCUT2D eigenvalue weighted by atomic mass is 32.2. The number of thiophene rings is 1. The third-order valence-corrected chi connectivity index (χ3v) is 6.15. The largest absolute Gasteiger partial charge is 0.462 e. The number of hydrogen-bond donors (Lipinski definition) is 1. The summed E-state index contributed by atoms with van der Waals surface area (Å²) in [5.74, 6) is -0.688. The van der Waals surface area contributed by atoms with Gasteiger partial charge in [0.2, 0.25) is 10.0 Å². The average Bonchev–Trinajstić information content (AvgIpc) is 3.15. The van der Waals surface area contributed by atoms with Crippen LogP contribution in [0, 0.1) is 0 Å². The maximum atomic E-state index is 12.0. The molecule has 0 fully saturated rings. The Morgan fingerprint density at radius 3 is 2.42 bits per heavy atom. The second-order valence-electron chi connectivity index (χ2n) is 5.53. The van der Waals surface area contributed by atoms with Crippen LogP contribution in [0.3, 0.4) is 0 Å². The summed E-state index contributed by atoms with van der Waals surface area (Å²) in [6.07, 6.45) is 0.482. The molecule has 0 spiro atoms. The van der Waals surface area contributed by atoms with Gasteiger partial charge in [0.1, 0.15) is 0 Å².